The monoisotopic (exact) mass is 445 g/mol. The summed E-state index contributed by atoms with van der Waals surface area (Å²) in [6.07, 6.45) is 3.97. The van der Waals surface area contributed by atoms with Crippen LogP contribution in [0.4, 0.5) is 0 Å². The van der Waals surface area contributed by atoms with E-state index in [0.29, 0.717) is 25.0 Å². The predicted octanol–water partition coefficient (Wildman–Crippen LogP) is -0.724. The molecule has 1 aliphatic carbocycles. The minimum Gasteiger partial charge on any atom is -0.481 e. The second-order valence-electron chi connectivity index (χ2n) is 7.78. The topological polar surface area (TPSA) is 161 Å². The maximum absolute atomic E-state index is 10.9. The van der Waals surface area contributed by atoms with Crippen LogP contribution in [0.2, 0.25) is 0 Å². The van der Waals surface area contributed by atoms with E-state index in [0.717, 1.165) is 19.4 Å². The molecule has 0 aromatic heterocycles. The van der Waals surface area contributed by atoms with Crippen LogP contribution >= 0.6 is 11.6 Å². The van der Waals surface area contributed by atoms with Gasteiger partial charge >= 0.3 is 5.97 Å². The molecule has 1 fully saturated rings. The third-order valence-electron chi connectivity index (χ3n) is 5.73. The Morgan fingerprint density at radius 3 is 2.87 bits per heavy atom. The highest BCUT2D eigenvalue weighted by molar-refractivity contribution is 6.29. The molecule has 1 heterocycles. The van der Waals surface area contributed by atoms with Crippen LogP contribution < -0.4 is 32.7 Å². The summed E-state index contributed by atoms with van der Waals surface area (Å²) in [6, 6.07) is 0.291. The van der Waals surface area contributed by atoms with E-state index in [1.165, 1.54) is 5.57 Å². The highest BCUT2D eigenvalue weighted by Crippen LogP contribution is 2.31. The quantitative estimate of drug-likeness (QED) is 0.109. The molecule has 0 spiro atoms. The van der Waals surface area contributed by atoms with E-state index in [2.05, 4.69) is 39.2 Å². The van der Waals surface area contributed by atoms with Crippen molar-refractivity contribution in [3.63, 3.8) is 0 Å². The minimum absolute atomic E-state index is 0.0778. The summed E-state index contributed by atoms with van der Waals surface area (Å²) in [4.78, 5) is 13.3. The van der Waals surface area contributed by atoms with E-state index in [-0.39, 0.29) is 36.3 Å². The lowest BCUT2D eigenvalue weighted by molar-refractivity contribution is -0.136. The summed E-state index contributed by atoms with van der Waals surface area (Å²) in [5, 5.41) is 32.1. The van der Waals surface area contributed by atoms with Crippen LogP contribution in [0.15, 0.2) is 22.6 Å². The molecule has 11 heteroatoms. The largest absolute Gasteiger partial charge is 0.481 e. The van der Waals surface area contributed by atoms with Crippen molar-refractivity contribution in [3.8, 4) is 0 Å². The lowest BCUT2D eigenvalue weighted by Crippen LogP contribution is -2.52. The van der Waals surface area contributed by atoms with Gasteiger partial charge in [-0.05, 0) is 32.7 Å². The summed E-state index contributed by atoms with van der Waals surface area (Å²) in [7, 11) is 0. The number of fused-ring (bicyclic) bond motifs is 1. The Balaban J connectivity index is 1.86. The van der Waals surface area contributed by atoms with Crippen molar-refractivity contribution in [1.82, 2.24) is 26.2 Å². The van der Waals surface area contributed by atoms with Gasteiger partial charge in [-0.2, -0.15) is 0 Å². The lowest BCUT2D eigenvalue weighted by atomic mass is 9.88. The fourth-order valence-corrected chi connectivity index (χ4v) is 4.34. The number of nitrogens with two attached hydrogens (primary N) is 2. The van der Waals surface area contributed by atoms with Gasteiger partial charge in [0.05, 0.1) is 18.9 Å². The molecule has 30 heavy (non-hydrogen) atoms. The summed E-state index contributed by atoms with van der Waals surface area (Å²) in [5.74, 6) is -0.535. The first-order valence-corrected chi connectivity index (χ1v) is 10.8. The number of carbonyl (C=O) groups is 1. The zero-order valence-corrected chi connectivity index (χ0v) is 18.5. The Labute approximate surface area is 183 Å². The molecule has 0 bridgehead atoms. The minimum atomic E-state index is -0.836. The van der Waals surface area contributed by atoms with Crippen LogP contribution in [0, 0.1) is 0 Å². The summed E-state index contributed by atoms with van der Waals surface area (Å²) < 4.78 is 0. The molecule has 1 aliphatic heterocycles. The first-order chi connectivity index (χ1) is 14.3. The first kappa shape index (κ1) is 24.7. The highest BCUT2D eigenvalue weighted by atomic mass is 35.5. The third-order valence-corrected chi connectivity index (χ3v) is 6.04. The second kappa shape index (κ2) is 11.7. The molecule has 1 saturated heterocycles. The number of rotatable bonds is 12. The maximum atomic E-state index is 10.9. The number of aliphatic carboxylic acids is 1. The van der Waals surface area contributed by atoms with Gasteiger partial charge in [0.25, 0.3) is 0 Å². The molecule has 2 aliphatic rings. The SMILES string of the molecule is CCN1C(CNC(O)C(C)N/C(Cl)=C(/N)NCN)NC2CC=C(CCC(=O)O)CC21. The van der Waals surface area contributed by atoms with Crippen LogP contribution in [-0.2, 0) is 4.79 Å². The number of nitrogens with zero attached hydrogens (tertiary/aromatic N) is 1. The Kier molecular flexibility index (Phi) is 9.66. The van der Waals surface area contributed by atoms with Crippen LogP contribution in [0.3, 0.4) is 0 Å². The van der Waals surface area contributed by atoms with Gasteiger partial charge in [0.2, 0.25) is 0 Å². The standard InChI is InChI=1S/C19H36ClN7O3/c1-3-27-14-8-12(5-7-16(28)29)4-6-13(14)26-15(27)9-23-19(30)11(2)25-17(20)18(22)24-10-21/h4,11,13-15,19,23-26,30H,3,5-10,21-22H2,1-2H3,(H,28,29)/b18-17-. The summed E-state index contributed by atoms with van der Waals surface area (Å²) in [6.45, 7) is 5.50. The number of hydrogen-bond acceptors (Lipinski definition) is 9. The maximum Gasteiger partial charge on any atom is 0.303 e. The molecule has 0 aromatic rings. The van der Waals surface area contributed by atoms with E-state index in [1.54, 1.807) is 6.92 Å². The third kappa shape index (κ3) is 6.73. The van der Waals surface area contributed by atoms with Crippen molar-refractivity contribution in [1.29, 1.82) is 0 Å². The molecular weight excluding hydrogens is 410 g/mol. The van der Waals surface area contributed by atoms with Crippen LogP contribution in [0.1, 0.15) is 39.5 Å². The van der Waals surface area contributed by atoms with E-state index in [1.807, 2.05) is 0 Å². The fraction of sp³-hybridized carbons (Fsp3) is 0.737. The van der Waals surface area contributed by atoms with Crippen LogP contribution in [0.5, 0.6) is 0 Å². The van der Waals surface area contributed by atoms with Gasteiger partial charge < -0.3 is 32.3 Å². The molecular formula is C19H36ClN7O3. The number of hydrogen-bond donors (Lipinski definition) is 8. The molecule has 5 unspecified atom stereocenters. The van der Waals surface area contributed by atoms with Gasteiger partial charge in [0.15, 0.2) is 0 Å². The Bertz CT molecular complexity index is 646. The molecule has 2 rings (SSSR count). The average molecular weight is 446 g/mol. The van der Waals surface area contributed by atoms with Crippen molar-refractivity contribution in [3.05, 3.63) is 22.6 Å². The van der Waals surface area contributed by atoms with Crippen molar-refractivity contribution in [2.45, 2.75) is 70.0 Å². The van der Waals surface area contributed by atoms with Crippen molar-refractivity contribution in [2.75, 3.05) is 19.8 Å². The summed E-state index contributed by atoms with van der Waals surface area (Å²) in [5.41, 5.74) is 12.3. The van der Waals surface area contributed by atoms with Crippen LogP contribution in [0.25, 0.3) is 0 Å². The lowest BCUT2D eigenvalue weighted by Gasteiger charge is -2.32. The highest BCUT2D eigenvalue weighted by Gasteiger charge is 2.41. The number of nitrogens with one attached hydrogen (secondary N) is 4. The molecule has 0 radical (unpaired) electrons. The molecule has 0 aromatic carbocycles. The molecule has 10 N–H and O–H groups in total. The number of aliphatic hydroxyl groups is 1. The van der Waals surface area contributed by atoms with E-state index >= 15 is 0 Å². The Morgan fingerprint density at radius 1 is 1.50 bits per heavy atom. The molecule has 10 nitrogen and oxygen atoms in total. The average Bonchev–Trinajstić information content (AvgIpc) is 3.07. The van der Waals surface area contributed by atoms with E-state index in [4.69, 9.17) is 28.2 Å². The van der Waals surface area contributed by atoms with Crippen LogP contribution in [-0.4, -0.2) is 71.4 Å². The van der Waals surface area contributed by atoms with Gasteiger partial charge in [0.1, 0.15) is 17.2 Å². The number of likely N-dealkylation sites (N-methyl/N-ethyl adjacent to an activating group) is 1. The zero-order valence-electron chi connectivity index (χ0n) is 17.7. The Hall–Kier alpha value is -1.56. The first-order valence-electron chi connectivity index (χ1n) is 10.4. The Morgan fingerprint density at radius 2 is 2.23 bits per heavy atom. The van der Waals surface area contributed by atoms with Crippen molar-refractivity contribution >= 4 is 17.6 Å². The second-order valence-corrected chi connectivity index (χ2v) is 8.16. The van der Waals surface area contributed by atoms with E-state index < -0.39 is 12.2 Å². The molecule has 0 amide bonds. The van der Waals surface area contributed by atoms with Gasteiger partial charge in [-0.15, -0.1) is 0 Å². The van der Waals surface area contributed by atoms with Gasteiger partial charge in [-0.25, -0.2) is 0 Å². The van der Waals surface area contributed by atoms with Gasteiger partial charge in [-0.3, -0.25) is 20.3 Å². The molecule has 0 saturated carbocycles. The fourth-order valence-electron chi connectivity index (χ4n) is 4.10. The van der Waals surface area contributed by atoms with Crippen molar-refractivity contribution < 1.29 is 15.0 Å². The summed E-state index contributed by atoms with van der Waals surface area (Å²) >= 11 is 6.09. The van der Waals surface area contributed by atoms with Gasteiger partial charge in [0, 0.05) is 25.0 Å². The number of carboxylic acid groups (broad SMARTS) is 1. The van der Waals surface area contributed by atoms with Gasteiger partial charge in [-0.1, -0.05) is 30.2 Å². The zero-order chi connectivity index (χ0) is 22.3. The number of halogens is 1. The molecule has 5 atom stereocenters. The number of aliphatic hydroxyl groups excluding tert-OH is 1. The molecule has 172 valence electrons. The normalized spacial score (nSPS) is 27.0. The number of carboxylic acids is 1. The predicted molar refractivity (Wildman–Crippen MR) is 117 cm³/mol. The van der Waals surface area contributed by atoms with E-state index in [9.17, 15) is 9.90 Å². The van der Waals surface area contributed by atoms with Crippen molar-refractivity contribution in [2.24, 2.45) is 11.5 Å². The smallest absolute Gasteiger partial charge is 0.303 e.